The maximum atomic E-state index is 12.8. The van der Waals surface area contributed by atoms with Gasteiger partial charge >= 0.3 is 0 Å². The van der Waals surface area contributed by atoms with Crippen LogP contribution in [0.1, 0.15) is 19.8 Å². The Morgan fingerprint density at radius 2 is 1.83 bits per heavy atom. The molecule has 3 aromatic rings. The third-order valence-electron chi connectivity index (χ3n) is 5.24. The standard InChI is InChI=1S/C22H25N3O3S2/c1-3-25-21(16-29-22(25)23-18-7-6-8-19(15-18)28-2)17-9-11-20(12-10-17)30(26,27)24-13-4-5-14-24/h6-12,15-16H,3-5,13-14H2,1-2H3. The van der Waals surface area contributed by atoms with Gasteiger partial charge in [0.1, 0.15) is 5.75 Å². The predicted molar refractivity (Wildman–Crippen MR) is 120 cm³/mol. The summed E-state index contributed by atoms with van der Waals surface area (Å²) in [5, 5.41) is 2.06. The number of hydrogen-bond acceptors (Lipinski definition) is 5. The molecular formula is C22H25N3O3S2. The van der Waals surface area contributed by atoms with E-state index in [-0.39, 0.29) is 0 Å². The molecule has 2 aromatic carbocycles. The van der Waals surface area contributed by atoms with Crippen LogP contribution in [0.3, 0.4) is 0 Å². The first-order chi connectivity index (χ1) is 14.5. The van der Waals surface area contributed by atoms with E-state index in [0.717, 1.165) is 46.9 Å². The fourth-order valence-corrected chi connectivity index (χ4v) is 6.13. The molecule has 1 aromatic heterocycles. The second-order valence-corrected chi connectivity index (χ2v) is 9.87. The van der Waals surface area contributed by atoms with Gasteiger partial charge in [-0.25, -0.2) is 13.4 Å². The lowest BCUT2D eigenvalue weighted by Crippen LogP contribution is -2.27. The van der Waals surface area contributed by atoms with Crippen LogP contribution in [0.5, 0.6) is 5.75 Å². The first kappa shape index (κ1) is 20.8. The molecule has 0 saturated carbocycles. The topological polar surface area (TPSA) is 63.9 Å². The molecular weight excluding hydrogens is 418 g/mol. The summed E-state index contributed by atoms with van der Waals surface area (Å²) in [6.45, 7) is 4.06. The third-order valence-corrected chi connectivity index (χ3v) is 8.02. The highest BCUT2D eigenvalue weighted by Crippen LogP contribution is 2.26. The van der Waals surface area contributed by atoms with Gasteiger partial charge in [-0.2, -0.15) is 4.31 Å². The second kappa shape index (κ2) is 8.75. The third kappa shape index (κ3) is 4.08. The minimum Gasteiger partial charge on any atom is -0.497 e. The highest BCUT2D eigenvalue weighted by atomic mass is 32.2. The van der Waals surface area contributed by atoms with Crippen molar-refractivity contribution < 1.29 is 13.2 Å². The van der Waals surface area contributed by atoms with E-state index in [4.69, 9.17) is 9.73 Å². The SMILES string of the molecule is CCn1c(-c2ccc(S(=O)(=O)N3CCCC3)cc2)csc1=Nc1cccc(OC)c1. The first-order valence-corrected chi connectivity index (χ1v) is 12.3. The zero-order chi connectivity index (χ0) is 21.1. The van der Waals surface area contributed by atoms with Crippen molar-refractivity contribution in [3.05, 3.63) is 58.7 Å². The number of thiazole rings is 1. The van der Waals surface area contributed by atoms with E-state index in [1.54, 1.807) is 34.9 Å². The summed E-state index contributed by atoms with van der Waals surface area (Å²) in [5.74, 6) is 0.769. The fourth-order valence-electron chi connectivity index (χ4n) is 3.62. The van der Waals surface area contributed by atoms with Crippen LogP contribution in [0.4, 0.5) is 5.69 Å². The molecule has 158 valence electrons. The van der Waals surface area contributed by atoms with E-state index in [1.807, 2.05) is 36.4 Å². The van der Waals surface area contributed by atoms with Crippen LogP contribution in [0, 0.1) is 0 Å². The van der Waals surface area contributed by atoms with E-state index >= 15 is 0 Å². The quantitative estimate of drug-likeness (QED) is 0.572. The molecule has 0 bridgehead atoms. The number of ether oxygens (including phenoxy) is 1. The summed E-state index contributed by atoms with van der Waals surface area (Å²) < 4.78 is 34.5. The molecule has 30 heavy (non-hydrogen) atoms. The number of benzene rings is 2. The highest BCUT2D eigenvalue weighted by molar-refractivity contribution is 7.89. The van der Waals surface area contributed by atoms with E-state index in [1.165, 1.54) is 0 Å². The smallest absolute Gasteiger partial charge is 0.243 e. The number of sulfonamides is 1. The van der Waals surface area contributed by atoms with Gasteiger partial charge in [-0.05, 0) is 49.6 Å². The summed E-state index contributed by atoms with van der Waals surface area (Å²) in [4.78, 5) is 6.01. The van der Waals surface area contributed by atoms with E-state index in [9.17, 15) is 8.42 Å². The Morgan fingerprint density at radius 1 is 1.10 bits per heavy atom. The molecule has 0 amide bonds. The molecule has 6 nitrogen and oxygen atoms in total. The predicted octanol–water partition coefficient (Wildman–Crippen LogP) is 4.26. The number of hydrogen-bond donors (Lipinski definition) is 0. The summed E-state index contributed by atoms with van der Waals surface area (Å²) in [6, 6.07) is 14.8. The molecule has 0 aliphatic carbocycles. The minimum absolute atomic E-state index is 0.354. The maximum absolute atomic E-state index is 12.8. The Bertz CT molecular complexity index is 1190. The van der Waals surface area contributed by atoms with Gasteiger partial charge < -0.3 is 9.30 Å². The normalized spacial score (nSPS) is 15.6. The van der Waals surface area contributed by atoms with Gasteiger partial charge in [0.25, 0.3) is 0 Å². The first-order valence-electron chi connectivity index (χ1n) is 10.0. The molecule has 1 fully saturated rings. The number of methoxy groups -OCH3 is 1. The Kier molecular flexibility index (Phi) is 6.08. The largest absolute Gasteiger partial charge is 0.497 e. The van der Waals surface area contributed by atoms with Crippen LogP contribution in [0.25, 0.3) is 11.3 Å². The lowest BCUT2D eigenvalue weighted by Gasteiger charge is -2.15. The summed E-state index contributed by atoms with van der Waals surface area (Å²) in [7, 11) is -1.76. The molecule has 0 N–H and O–H groups in total. The molecule has 0 atom stereocenters. The summed E-state index contributed by atoms with van der Waals surface area (Å²) >= 11 is 1.56. The molecule has 0 radical (unpaired) electrons. The Balaban J connectivity index is 1.67. The van der Waals surface area contributed by atoms with Gasteiger partial charge in [-0.15, -0.1) is 11.3 Å². The molecule has 0 spiro atoms. The molecule has 2 heterocycles. The zero-order valence-corrected chi connectivity index (χ0v) is 18.7. The highest BCUT2D eigenvalue weighted by Gasteiger charge is 2.27. The van der Waals surface area contributed by atoms with Crippen molar-refractivity contribution in [3.8, 4) is 17.0 Å². The molecule has 1 aliphatic rings. The van der Waals surface area contributed by atoms with Crippen LogP contribution in [0.2, 0.25) is 0 Å². The van der Waals surface area contributed by atoms with Crippen molar-refractivity contribution in [1.82, 2.24) is 8.87 Å². The van der Waals surface area contributed by atoms with Crippen molar-refractivity contribution in [2.45, 2.75) is 31.2 Å². The van der Waals surface area contributed by atoms with Gasteiger partial charge in [0.15, 0.2) is 4.80 Å². The lowest BCUT2D eigenvalue weighted by atomic mass is 10.2. The van der Waals surface area contributed by atoms with E-state index < -0.39 is 10.0 Å². The monoisotopic (exact) mass is 443 g/mol. The number of aromatic nitrogens is 1. The van der Waals surface area contributed by atoms with Crippen LogP contribution in [-0.4, -0.2) is 37.5 Å². The van der Waals surface area contributed by atoms with Gasteiger partial charge in [0, 0.05) is 31.1 Å². The van der Waals surface area contributed by atoms with Crippen LogP contribution >= 0.6 is 11.3 Å². The summed E-state index contributed by atoms with van der Waals surface area (Å²) in [5.41, 5.74) is 2.83. The molecule has 1 saturated heterocycles. The fraction of sp³-hybridized carbons (Fsp3) is 0.318. The average Bonchev–Trinajstić information content (AvgIpc) is 3.44. The van der Waals surface area contributed by atoms with Gasteiger partial charge in [0.05, 0.1) is 23.4 Å². The van der Waals surface area contributed by atoms with Gasteiger partial charge in [-0.3, -0.25) is 0 Å². The van der Waals surface area contributed by atoms with Gasteiger partial charge in [-0.1, -0.05) is 18.2 Å². The second-order valence-electron chi connectivity index (χ2n) is 7.10. The molecule has 0 unspecified atom stereocenters. The lowest BCUT2D eigenvalue weighted by molar-refractivity contribution is 0.415. The Labute approximate surface area is 181 Å². The Hall–Kier alpha value is -2.42. The Morgan fingerprint density at radius 3 is 2.50 bits per heavy atom. The van der Waals surface area contributed by atoms with Crippen molar-refractivity contribution in [2.24, 2.45) is 4.99 Å². The number of nitrogens with zero attached hydrogens (tertiary/aromatic N) is 3. The zero-order valence-electron chi connectivity index (χ0n) is 17.1. The molecule has 8 heteroatoms. The van der Waals surface area contributed by atoms with Crippen molar-refractivity contribution in [1.29, 1.82) is 0 Å². The van der Waals surface area contributed by atoms with E-state index in [2.05, 4.69) is 16.9 Å². The van der Waals surface area contributed by atoms with E-state index in [0.29, 0.717) is 18.0 Å². The van der Waals surface area contributed by atoms with Crippen LogP contribution < -0.4 is 9.54 Å². The molecule has 1 aliphatic heterocycles. The van der Waals surface area contributed by atoms with Crippen molar-refractivity contribution in [3.63, 3.8) is 0 Å². The van der Waals surface area contributed by atoms with Crippen molar-refractivity contribution in [2.75, 3.05) is 20.2 Å². The maximum Gasteiger partial charge on any atom is 0.243 e. The van der Waals surface area contributed by atoms with Crippen LogP contribution in [-0.2, 0) is 16.6 Å². The summed E-state index contributed by atoms with van der Waals surface area (Å²) in [6.07, 6.45) is 1.87. The number of rotatable bonds is 6. The van der Waals surface area contributed by atoms with Crippen LogP contribution in [0.15, 0.2) is 63.8 Å². The molecule has 4 rings (SSSR count). The van der Waals surface area contributed by atoms with Gasteiger partial charge in [0.2, 0.25) is 10.0 Å². The average molecular weight is 444 g/mol. The van der Waals surface area contributed by atoms with Crippen molar-refractivity contribution >= 4 is 27.0 Å². The minimum atomic E-state index is -3.40.